The first kappa shape index (κ1) is 17.5. The zero-order valence-corrected chi connectivity index (χ0v) is 16.0. The summed E-state index contributed by atoms with van der Waals surface area (Å²) in [6, 6.07) is 0. The largest absolute Gasteiger partial charge is 0.368 e. The quantitative estimate of drug-likeness (QED) is 0.852. The Morgan fingerprint density at radius 1 is 1.12 bits per heavy atom. The lowest BCUT2D eigenvalue weighted by molar-refractivity contribution is -0.130. The molecule has 1 aromatic rings. The second kappa shape index (κ2) is 6.68. The average Bonchev–Trinajstić information content (AvgIpc) is 3.03. The summed E-state index contributed by atoms with van der Waals surface area (Å²) >= 11 is 0. The number of anilines is 2. The van der Waals surface area contributed by atoms with E-state index in [1.807, 2.05) is 4.90 Å². The molecule has 0 unspecified atom stereocenters. The molecule has 2 N–H and O–H groups in total. The Morgan fingerprint density at radius 2 is 1.96 bits per heavy atom. The van der Waals surface area contributed by atoms with Crippen molar-refractivity contribution in [2.24, 2.45) is 0 Å². The number of aryl methyl sites for hydroxylation is 1. The lowest BCUT2D eigenvalue weighted by Gasteiger charge is -2.50. The highest BCUT2D eigenvalue weighted by Gasteiger charge is 2.43. The molecule has 26 heavy (non-hydrogen) atoms. The number of amides is 1. The Hall–Kier alpha value is -1.89. The highest BCUT2D eigenvalue weighted by molar-refractivity contribution is 5.76. The van der Waals surface area contributed by atoms with Crippen LogP contribution >= 0.6 is 0 Å². The van der Waals surface area contributed by atoms with Gasteiger partial charge in [0.1, 0.15) is 5.82 Å². The minimum Gasteiger partial charge on any atom is -0.368 e. The van der Waals surface area contributed by atoms with Crippen LogP contribution < -0.4 is 10.6 Å². The lowest BCUT2D eigenvalue weighted by atomic mass is 9.86. The minimum atomic E-state index is 0.0308. The molecule has 0 aromatic carbocycles. The molecule has 4 rings (SSSR count). The summed E-state index contributed by atoms with van der Waals surface area (Å²) < 4.78 is 0. The van der Waals surface area contributed by atoms with Gasteiger partial charge < -0.3 is 15.5 Å². The predicted octanol–water partition coefficient (Wildman–Crippen LogP) is 1.07. The highest BCUT2D eigenvalue weighted by Crippen LogP contribution is 2.36. The van der Waals surface area contributed by atoms with E-state index in [0.29, 0.717) is 18.3 Å². The molecule has 0 bridgehead atoms. The van der Waals surface area contributed by atoms with Crippen molar-refractivity contribution >= 4 is 17.7 Å². The number of aromatic nitrogens is 2. The third kappa shape index (κ3) is 2.92. The summed E-state index contributed by atoms with van der Waals surface area (Å²) in [6.07, 6.45) is 5.76. The maximum absolute atomic E-state index is 12.4. The molecule has 3 aliphatic rings. The summed E-state index contributed by atoms with van der Waals surface area (Å²) in [5, 5.41) is 0. The van der Waals surface area contributed by atoms with Gasteiger partial charge in [-0.2, -0.15) is 4.98 Å². The van der Waals surface area contributed by atoms with Gasteiger partial charge in [-0.15, -0.1) is 0 Å². The van der Waals surface area contributed by atoms with E-state index in [9.17, 15) is 4.79 Å². The van der Waals surface area contributed by atoms with Crippen LogP contribution in [-0.4, -0.2) is 71.0 Å². The lowest BCUT2D eigenvalue weighted by Crippen LogP contribution is -2.61. The number of carbonyl (C=O) groups is 1. The Balaban J connectivity index is 1.62. The van der Waals surface area contributed by atoms with Crippen LogP contribution in [0.1, 0.15) is 43.9 Å². The fourth-order valence-corrected chi connectivity index (χ4v) is 4.90. The van der Waals surface area contributed by atoms with Gasteiger partial charge in [0.15, 0.2) is 0 Å². The molecule has 0 radical (unpaired) electrons. The molecular formula is C19H30N6O. The molecule has 3 heterocycles. The number of fused-ring (bicyclic) bond motifs is 1. The number of nitrogens with zero attached hydrogens (tertiary/aromatic N) is 5. The molecule has 7 nitrogen and oxygen atoms in total. The first-order valence-corrected chi connectivity index (χ1v) is 9.91. The third-order valence-electron chi connectivity index (χ3n) is 6.61. The van der Waals surface area contributed by atoms with Gasteiger partial charge in [-0.3, -0.25) is 9.69 Å². The monoisotopic (exact) mass is 358 g/mol. The van der Waals surface area contributed by atoms with Crippen molar-refractivity contribution < 1.29 is 4.79 Å². The van der Waals surface area contributed by atoms with Gasteiger partial charge >= 0.3 is 0 Å². The Kier molecular flexibility index (Phi) is 4.50. The number of carbonyl (C=O) groups excluding carboxylic acids is 1. The highest BCUT2D eigenvalue weighted by atomic mass is 16.2. The van der Waals surface area contributed by atoms with Crippen LogP contribution in [0.4, 0.5) is 11.8 Å². The number of nitrogen functional groups attached to an aromatic ring is 1. The molecule has 1 spiro atoms. The molecule has 2 saturated heterocycles. The van der Waals surface area contributed by atoms with Crippen molar-refractivity contribution in [3.63, 3.8) is 0 Å². The average molecular weight is 358 g/mol. The van der Waals surface area contributed by atoms with Gasteiger partial charge in [-0.25, -0.2) is 4.98 Å². The SMILES string of the molecule is CCN1CC[C@@]2(CCC1=O)CN(c1nc(N)nc3c1CCC3)CCN2C. The first-order chi connectivity index (χ1) is 12.5. The molecule has 0 saturated carbocycles. The molecule has 2 fully saturated rings. The molecule has 1 atom stereocenters. The Morgan fingerprint density at radius 3 is 2.77 bits per heavy atom. The number of hydrogen-bond acceptors (Lipinski definition) is 6. The fraction of sp³-hybridized carbons (Fsp3) is 0.737. The minimum absolute atomic E-state index is 0.0308. The van der Waals surface area contributed by atoms with Crippen LogP contribution in [0.15, 0.2) is 0 Å². The van der Waals surface area contributed by atoms with Crippen molar-refractivity contribution in [2.75, 3.05) is 50.4 Å². The summed E-state index contributed by atoms with van der Waals surface area (Å²) in [5.74, 6) is 1.73. The van der Waals surface area contributed by atoms with E-state index >= 15 is 0 Å². The van der Waals surface area contributed by atoms with E-state index < -0.39 is 0 Å². The van der Waals surface area contributed by atoms with E-state index in [-0.39, 0.29) is 5.54 Å². The zero-order valence-electron chi connectivity index (χ0n) is 16.0. The maximum atomic E-state index is 12.4. The van der Waals surface area contributed by atoms with Crippen LogP contribution in [0.5, 0.6) is 0 Å². The van der Waals surface area contributed by atoms with Crippen molar-refractivity contribution in [3.05, 3.63) is 11.3 Å². The van der Waals surface area contributed by atoms with E-state index in [4.69, 9.17) is 5.73 Å². The normalized spacial score (nSPS) is 27.1. The smallest absolute Gasteiger partial charge is 0.222 e. The zero-order chi connectivity index (χ0) is 18.3. The number of nitrogens with two attached hydrogens (primary N) is 1. The second-order valence-corrected chi connectivity index (χ2v) is 7.98. The van der Waals surface area contributed by atoms with E-state index in [0.717, 1.165) is 76.3 Å². The summed E-state index contributed by atoms with van der Waals surface area (Å²) in [6.45, 7) is 6.57. The molecule has 1 aliphatic carbocycles. The number of hydrogen-bond donors (Lipinski definition) is 1. The third-order valence-corrected chi connectivity index (χ3v) is 6.61. The topological polar surface area (TPSA) is 78.6 Å². The van der Waals surface area contributed by atoms with Crippen molar-refractivity contribution in [1.82, 2.24) is 19.8 Å². The van der Waals surface area contributed by atoms with Gasteiger partial charge in [0, 0.05) is 50.2 Å². The number of likely N-dealkylation sites (N-methyl/N-ethyl adjacent to an activating group) is 1. The summed E-state index contributed by atoms with van der Waals surface area (Å²) in [5.41, 5.74) is 8.46. The van der Waals surface area contributed by atoms with Crippen LogP contribution in [0.2, 0.25) is 0 Å². The number of piperazine rings is 1. The number of rotatable bonds is 2. The van der Waals surface area contributed by atoms with Gasteiger partial charge in [-0.1, -0.05) is 0 Å². The van der Waals surface area contributed by atoms with Gasteiger partial charge in [-0.05, 0) is 46.1 Å². The van der Waals surface area contributed by atoms with E-state index in [1.165, 1.54) is 5.56 Å². The summed E-state index contributed by atoms with van der Waals surface area (Å²) in [7, 11) is 2.21. The molecule has 2 aliphatic heterocycles. The van der Waals surface area contributed by atoms with Crippen LogP contribution in [0, 0.1) is 0 Å². The van der Waals surface area contributed by atoms with Crippen LogP contribution in [0.25, 0.3) is 0 Å². The van der Waals surface area contributed by atoms with Gasteiger partial charge in [0.2, 0.25) is 11.9 Å². The molecule has 1 aromatic heterocycles. The Labute approximate surface area is 155 Å². The van der Waals surface area contributed by atoms with E-state index in [1.54, 1.807) is 0 Å². The van der Waals surface area contributed by atoms with Crippen molar-refractivity contribution in [1.29, 1.82) is 0 Å². The first-order valence-electron chi connectivity index (χ1n) is 9.91. The van der Waals surface area contributed by atoms with E-state index in [2.05, 4.69) is 33.7 Å². The van der Waals surface area contributed by atoms with Crippen molar-refractivity contribution in [2.45, 2.75) is 51.0 Å². The maximum Gasteiger partial charge on any atom is 0.222 e. The summed E-state index contributed by atoms with van der Waals surface area (Å²) in [4.78, 5) is 28.4. The molecular weight excluding hydrogens is 328 g/mol. The molecule has 142 valence electrons. The standard InChI is InChI=1S/C19H30N6O/c1-3-24-10-9-19(8-7-16(24)26)13-25(12-11-23(19)2)17-14-5-4-6-15(14)21-18(20)22-17/h3-13H2,1-2H3,(H2,20,21,22)/t19-/m0/s1. The molecule has 1 amide bonds. The van der Waals surface area contributed by atoms with Gasteiger partial charge in [0.05, 0.1) is 5.69 Å². The van der Waals surface area contributed by atoms with Crippen molar-refractivity contribution in [3.8, 4) is 0 Å². The second-order valence-electron chi connectivity index (χ2n) is 7.98. The fourth-order valence-electron chi connectivity index (χ4n) is 4.90. The number of likely N-dealkylation sites (tertiary alicyclic amines) is 1. The Bertz CT molecular complexity index is 708. The molecule has 7 heteroatoms. The van der Waals surface area contributed by atoms with Crippen LogP contribution in [0.3, 0.4) is 0 Å². The predicted molar refractivity (Wildman–Crippen MR) is 102 cm³/mol. The van der Waals surface area contributed by atoms with Gasteiger partial charge in [0.25, 0.3) is 0 Å². The van der Waals surface area contributed by atoms with Crippen LogP contribution in [-0.2, 0) is 17.6 Å².